The van der Waals surface area contributed by atoms with Crippen LogP contribution in [0.5, 0.6) is 0 Å². The number of rotatable bonds is 2. The van der Waals surface area contributed by atoms with Crippen LogP contribution in [-0.4, -0.2) is 29.1 Å². The van der Waals surface area contributed by atoms with E-state index in [1.807, 2.05) is 35.2 Å². The summed E-state index contributed by atoms with van der Waals surface area (Å²) in [6.07, 6.45) is 1.59. The van der Waals surface area contributed by atoms with E-state index in [2.05, 4.69) is 4.98 Å². The first-order valence-electron chi connectivity index (χ1n) is 6.68. The van der Waals surface area contributed by atoms with E-state index in [1.54, 1.807) is 0 Å². The molecule has 3 rings (SSSR count). The minimum atomic E-state index is -0.735. The molecule has 20 heavy (non-hydrogen) atoms. The molecule has 1 unspecified atom stereocenters. The Morgan fingerprint density at radius 1 is 1.40 bits per heavy atom. The molecule has 2 heterocycles. The van der Waals surface area contributed by atoms with Crippen LogP contribution in [0.15, 0.2) is 30.3 Å². The number of fused-ring (bicyclic) bond motifs is 1. The van der Waals surface area contributed by atoms with Gasteiger partial charge in [0.05, 0.1) is 5.92 Å². The molecule has 0 bridgehead atoms. The Morgan fingerprint density at radius 2 is 2.20 bits per heavy atom. The molecule has 1 saturated heterocycles. The normalized spacial score (nSPS) is 19.2. The van der Waals surface area contributed by atoms with Gasteiger partial charge in [0.2, 0.25) is 0 Å². The van der Waals surface area contributed by atoms with Gasteiger partial charge in [-0.15, -0.1) is 0 Å². The highest BCUT2D eigenvalue weighted by atomic mass is 35.5. The second-order valence-corrected chi connectivity index (χ2v) is 5.50. The van der Waals surface area contributed by atoms with E-state index in [4.69, 9.17) is 11.6 Å². The van der Waals surface area contributed by atoms with Crippen molar-refractivity contribution in [1.29, 1.82) is 0 Å². The first-order chi connectivity index (χ1) is 9.65. The van der Waals surface area contributed by atoms with Crippen molar-refractivity contribution in [2.45, 2.75) is 12.8 Å². The Morgan fingerprint density at radius 3 is 3.00 bits per heavy atom. The van der Waals surface area contributed by atoms with Gasteiger partial charge in [0.25, 0.3) is 0 Å². The monoisotopic (exact) mass is 290 g/mol. The molecule has 0 saturated carbocycles. The summed E-state index contributed by atoms with van der Waals surface area (Å²) in [4.78, 5) is 17.6. The van der Waals surface area contributed by atoms with Crippen LogP contribution in [0.3, 0.4) is 0 Å². The van der Waals surface area contributed by atoms with Crippen molar-refractivity contribution in [2.24, 2.45) is 5.92 Å². The molecule has 5 heteroatoms. The minimum absolute atomic E-state index is 0.330. The lowest BCUT2D eigenvalue weighted by molar-refractivity contribution is -0.141. The van der Waals surface area contributed by atoms with E-state index < -0.39 is 5.97 Å². The smallest absolute Gasteiger partial charge is 0.308 e. The lowest BCUT2D eigenvalue weighted by atomic mass is 9.98. The van der Waals surface area contributed by atoms with E-state index >= 15 is 0 Å². The molecule has 1 aliphatic rings. The highest BCUT2D eigenvalue weighted by Crippen LogP contribution is 2.30. The fraction of sp³-hybridized carbons (Fsp3) is 0.333. The van der Waals surface area contributed by atoms with Crippen LogP contribution >= 0.6 is 11.6 Å². The number of carboxylic acids is 1. The Labute approximate surface area is 122 Å². The third-order valence-corrected chi connectivity index (χ3v) is 3.95. The summed E-state index contributed by atoms with van der Waals surface area (Å²) in [7, 11) is 0. The minimum Gasteiger partial charge on any atom is -0.481 e. The van der Waals surface area contributed by atoms with Crippen molar-refractivity contribution >= 4 is 34.2 Å². The van der Waals surface area contributed by atoms with Crippen LogP contribution in [-0.2, 0) is 4.79 Å². The number of pyridine rings is 1. The summed E-state index contributed by atoms with van der Waals surface area (Å²) in [5.74, 6) is -0.275. The zero-order valence-corrected chi connectivity index (χ0v) is 11.7. The van der Waals surface area contributed by atoms with Gasteiger partial charge in [-0.05, 0) is 24.3 Å². The molecule has 0 radical (unpaired) electrons. The number of nitrogens with zero attached hydrogens (tertiary/aromatic N) is 2. The summed E-state index contributed by atoms with van der Waals surface area (Å²) >= 11 is 6.09. The Balaban J connectivity index is 2.03. The van der Waals surface area contributed by atoms with Gasteiger partial charge in [0.15, 0.2) is 0 Å². The number of aromatic nitrogens is 1. The number of carboxylic acid groups (broad SMARTS) is 1. The predicted molar refractivity (Wildman–Crippen MR) is 79.3 cm³/mol. The largest absolute Gasteiger partial charge is 0.481 e. The number of anilines is 1. The lowest BCUT2D eigenvalue weighted by Gasteiger charge is -2.32. The van der Waals surface area contributed by atoms with E-state index in [1.165, 1.54) is 0 Å². The first kappa shape index (κ1) is 13.2. The van der Waals surface area contributed by atoms with Crippen molar-refractivity contribution in [1.82, 2.24) is 4.98 Å². The van der Waals surface area contributed by atoms with Gasteiger partial charge in [0.1, 0.15) is 11.0 Å². The van der Waals surface area contributed by atoms with Crippen LogP contribution in [0.25, 0.3) is 10.8 Å². The van der Waals surface area contributed by atoms with E-state index in [9.17, 15) is 9.90 Å². The molecule has 1 aliphatic heterocycles. The van der Waals surface area contributed by atoms with Crippen molar-refractivity contribution in [3.05, 3.63) is 35.5 Å². The number of halogens is 1. The van der Waals surface area contributed by atoms with Crippen molar-refractivity contribution < 1.29 is 9.90 Å². The van der Waals surface area contributed by atoms with Gasteiger partial charge in [-0.3, -0.25) is 4.79 Å². The summed E-state index contributed by atoms with van der Waals surface area (Å²) in [6, 6.07) is 9.74. The zero-order chi connectivity index (χ0) is 14.1. The van der Waals surface area contributed by atoms with E-state index in [0.717, 1.165) is 36.0 Å². The van der Waals surface area contributed by atoms with Crippen LogP contribution in [0.1, 0.15) is 12.8 Å². The van der Waals surface area contributed by atoms with Crippen LogP contribution in [0.2, 0.25) is 5.15 Å². The summed E-state index contributed by atoms with van der Waals surface area (Å²) < 4.78 is 0. The Kier molecular flexibility index (Phi) is 3.49. The highest BCUT2D eigenvalue weighted by Gasteiger charge is 2.27. The number of hydrogen-bond acceptors (Lipinski definition) is 3. The van der Waals surface area contributed by atoms with Crippen molar-refractivity contribution in [3.8, 4) is 0 Å². The maximum Gasteiger partial charge on any atom is 0.308 e. The number of hydrogen-bond donors (Lipinski definition) is 1. The topological polar surface area (TPSA) is 53.4 Å². The van der Waals surface area contributed by atoms with Gasteiger partial charge >= 0.3 is 5.97 Å². The molecule has 104 valence electrons. The average Bonchev–Trinajstić information content (AvgIpc) is 2.46. The Hall–Kier alpha value is -1.81. The number of carbonyl (C=O) groups is 1. The van der Waals surface area contributed by atoms with Gasteiger partial charge in [-0.2, -0.15) is 0 Å². The van der Waals surface area contributed by atoms with Gasteiger partial charge in [-0.25, -0.2) is 4.98 Å². The van der Waals surface area contributed by atoms with Gasteiger partial charge in [0, 0.05) is 18.5 Å². The molecule has 1 aromatic carbocycles. The molecule has 2 aromatic rings. The number of piperidine rings is 1. The highest BCUT2D eigenvalue weighted by molar-refractivity contribution is 6.30. The Bertz CT molecular complexity index is 659. The van der Waals surface area contributed by atoms with Crippen molar-refractivity contribution in [3.63, 3.8) is 0 Å². The molecule has 1 N–H and O–H groups in total. The predicted octanol–water partition coefficient (Wildman–Crippen LogP) is 3.19. The number of benzene rings is 1. The maximum absolute atomic E-state index is 11.2. The van der Waals surface area contributed by atoms with E-state index in [-0.39, 0.29) is 5.92 Å². The molecule has 0 spiro atoms. The number of aliphatic carboxylic acids is 1. The van der Waals surface area contributed by atoms with Gasteiger partial charge in [-0.1, -0.05) is 35.9 Å². The zero-order valence-electron chi connectivity index (χ0n) is 10.9. The molecule has 1 fully saturated rings. The molecule has 4 nitrogen and oxygen atoms in total. The van der Waals surface area contributed by atoms with Crippen LogP contribution in [0, 0.1) is 5.92 Å². The van der Waals surface area contributed by atoms with Crippen LogP contribution < -0.4 is 4.90 Å². The first-order valence-corrected chi connectivity index (χ1v) is 7.06. The maximum atomic E-state index is 11.2. The summed E-state index contributed by atoms with van der Waals surface area (Å²) in [5.41, 5.74) is 0. The second-order valence-electron chi connectivity index (χ2n) is 5.11. The average molecular weight is 291 g/mol. The molecule has 1 atom stereocenters. The molecular weight excluding hydrogens is 276 g/mol. The second kappa shape index (κ2) is 5.29. The van der Waals surface area contributed by atoms with Gasteiger partial charge < -0.3 is 10.0 Å². The van der Waals surface area contributed by atoms with E-state index in [0.29, 0.717) is 11.7 Å². The molecular formula is C15H15ClN2O2. The molecule has 0 aliphatic carbocycles. The third-order valence-electron chi connectivity index (χ3n) is 3.76. The SMILES string of the molecule is O=C(O)C1CCCN(c2nc(Cl)cc3ccccc23)C1. The summed E-state index contributed by atoms with van der Waals surface area (Å²) in [6.45, 7) is 1.31. The fourth-order valence-electron chi connectivity index (χ4n) is 2.76. The lowest BCUT2D eigenvalue weighted by Crippen LogP contribution is -2.39. The third kappa shape index (κ3) is 2.43. The standard InChI is InChI=1S/C15H15ClN2O2/c16-13-8-10-4-1-2-6-12(10)14(17-13)18-7-3-5-11(9-18)15(19)20/h1-2,4,6,8,11H,3,5,7,9H2,(H,19,20). The molecule has 0 amide bonds. The molecule has 1 aromatic heterocycles. The fourth-order valence-corrected chi connectivity index (χ4v) is 2.96. The van der Waals surface area contributed by atoms with Crippen LogP contribution in [0.4, 0.5) is 5.82 Å². The van der Waals surface area contributed by atoms with Crippen molar-refractivity contribution in [2.75, 3.05) is 18.0 Å². The quantitative estimate of drug-likeness (QED) is 0.863. The summed E-state index contributed by atoms with van der Waals surface area (Å²) in [5, 5.41) is 11.7.